The van der Waals surface area contributed by atoms with E-state index < -0.39 is 0 Å². The first kappa shape index (κ1) is 15.8. The van der Waals surface area contributed by atoms with Crippen molar-refractivity contribution in [2.75, 3.05) is 19.7 Å². The molecule has 0 bridgehead atoms. The number of rotatable bonds is 3. The summed E-state index contributed by atoms with van der Waals surface area (Å²) in [7, 11) is 0. The molecule has 122 valence electrons. The third-order valence-corrected chi connectivity index (χ3v) is 6.46. The Morgan fingerprint density at radius 2 is 1.95 bits per heavy atom. The molecule has 1 saturated carbocycles. The van der Waals surface area contributed by atoms with Crippen LogP contribution in [0.5, 0.6) is 0 Å². The first-order chi connectivity index (χ1) is 10.2. The number of fused-ring (bicyclic) bond motifs is 1. The van der Waals surface area contributed by atoms with Crippen molar-refractivity contribution in [2.45, 2.75) is 82.9 Å². The maximum absolute atomic E-state index is 6.36. The highest BCUT2D eigenvalue weighted by Crippen LogP contribution is 2.42. The highest BCUT2D eigenvalue weighted by molar-refractivity contribution is 5.02. The predicted molar refractivity (Wildman–Crippen MR) is 87.3 cm³/mol. The van der Waals surface area contributed by atoms with Crippen molar-refractivity contribution in [2.24, 2.45) is 17.6 Å². The molecule has 4 unspecified atom stereocenters. The molecule has 3 fully saturated rings. The minimum absolute atomic E-state index is 0.216. The normalized spacial score (nSPS) is 42.0. The van der Waals surface area contributed by atoms with Crippen molar-refractivity contribution in [1.82, 2.24) is 4.90 Å². The number of nitrogens with zero attached hydrogens (tertiary/aromatic N) is 1. The summed E-state index contributed by atoms with van der Waals surface area (Å²) in [5.74, 6) is 1.54. The first-order valence-corrected chi connectivity index (χ1v) is 9.25. The van der Waals surface area contributed by atoms with Gasteiger partial charge >= 0.3 is 0 Å². The van der Waals surface area contributed by atoms with Crippen LogP contribution in [0.1, 0.15) is 65.2 Å². The fraction of sp³-hybridized carbons (Fsp3) is 1.00. The molecule has 4 atom stereocenters. The molecule has 0 aromatic rings. The van der Waals surface area contributed by atoms with Gasteiger partial charge in [-0.1, -0.05) is 26.7 Å². The molecule has 2 N–H and O–H groups in total. The van der Waals surface area contributed by atoms with Gasteiger partial charge in [-0.05, 0) is 56.9 Å². The molecule has 3 rings (SSSR count). The van der Waals surface area contributed by atoms with Gasteiger partial charge in [0.2, 0.25) is 0 Å². The molecule has 3 nitrogen and oxygen atoms in total. The SMILES string of the molecule is CC(C)C1CC(CN)(N2CCCC3CCCCC32)CCO1. The summed E-state index contributed by atoms with van der Waals surface area (Å²) in [6, 6.07) is 0.807. The van der Waals surface area contributed by atoms with Crippen molar-refractivity contribution in [3.63, 3.8) is 0 Å². The van der Waals surface area contributed by atoms with E-state index >= 15 is 0 Å². The van der Waals surface area contributed by atoms with E-state index in [1.807, 2.05) is 0 Å². The predicted octanol–water partition coefficient (Wildman–Crippen LogP) is 3.17. The smallest absolute Gasteiger partial charge is 0.0616 e. The molecular formula is C18H34N2O. The van der Waals surface area contributed by atoms with Crippen molar-refractivity contribution < 1.29 is 4.74 Å². The third kappa shape index (κ3) is 3.02. The van der Waals surface area contributed by atoms with E-state index in [0.29, 0.717) is 12.0 Å². The van der Waals surface area contributed by atoms with Crippen LogP contribution in [-0.2, 0) is 4.74 Å². The average Bonchev–Trinajstić information content (AvgIpc) is 2.54. The Morgan fingerprint density at radius 3 is 2.71 bits per heavy atom. The molecule has 21 heavy (non-hydrogen) atoms. The third-order valence-electron chi connectivity index (χ3n) is 6.46. The van der Waals surface area contributed by atoms with Gasteiger partial charge in [0.1, 0.15) is 0 Å². The van der Waals surface area contributed by atoms with E-state index in [9.17, 15) is 0 Å². The molecule has 0 aromatic heterocycles. The summed E-state index contributed by atoms with van der Waals surface area (Å²) < 4.78 is 6.04. The van der Waals surface area contributed by atoms with E-state index in [0.717, 1.165) is 38.0 Å². The van der Waals surface area contributed by atoms with E-state index in [2.05, 4.69) is 18.7 Å². The lowest BCUT2D eigenvalue weighted by Crippen LogP contribution is -2.65. The van der Waals surface area contributed by atoms with Gasteiger partial charge in [-0.15, -0.1) is 0 Å². The second-order valence-corrected chi connectivity index (χ2v) is 7.98. The van der Waals surface area contributed by atoms with Gasteiger partial charge in [-0.25, -0.2) is 0 Å². The largest absolute Gasteiger partial charge is 0.378 e. The number of piperidine rings is 1. The minimum Gasteiger partial charge on any atom is -0.378 e. The fourth-order valence-electron chi connectivity index (χ4n) is 5.14. The van der Waals surface area contributed by atoms with E-state index in [1.54, 1.807) is 0 Å². The molecule has 0 amide bonds. The summed E-state index contributed by atoms with van der Waals surface area (Å²) in [5.41, 5.74) is 6.57. The van der Waals surface area contributed by atoms with Gasteiger partial charge in [-0.3, -0.25) is 4.90 Å². The Morgan fingerprint density at radius 1 is 1.19 bits per heavy atom. The topological polar surface area (TPSA) is 38.5 Å². The van der Waals surface area contributed by atoms with Crippen LogP contribution in [-0.4, -0.2) is 42.3 Å². The van der Waals surface area contributed by atoms with Gasteiger partial charge < -0.3 is 10.5 Å². The van der Waals surface area contributed by atoms with Crippen LogP contribution in [0.15, 0.2) is 0 Å². The lowest BCUT2D eigenvalue weighted by Gasteiger charge is -2.56. The highest BCUT2D eigenvalue weighted by atomic mass is 16.5. The van der Waals surface area contributed by atoms with E-state index in [-0.39, 0.29) is 5.54 Å². The summed E-state index contributed by atoms with van der Waals surface area (Å²) in [6.07, 6.45) is 11.2. The second-order valence-electron chi connectivity index (χ2n) is 7.98. The lowest BCUT2D eigenvalue weighted by atomic mass is 9.73. The van der Waals surface area contributed by atoms with Crippen molar-refractivity contribution in [1.29, 1.82) is 0 Å². The Kier molecular flexibility index (Phi) is 4.92. The van der Waals surface area contributed by atoms with Gasteiger partial charge in [0.25, 0.3) is 0 Å². The molecule has 3 aliphatic rings. The highest BCUT2D eigenvalue weighted by Gasteiger charge is 2.47. The van der Waals surface area contributed by atoms with Crippen LogP contribution < -0.4 is 5.73 Å². The molecule has 2 aliphatic heterocycles. The molecule has 1 aliphatic carbocycles. The zero-order valence-corrected chi connectivity index (χ0v) is 14.0. The number of nitrogens with two attached hydrogens (primary N) is 1. The standard InChI is InChI=1S/C18H34N2O/c1-14(2)17-12-18(13-19,9-11-21-17)20-10-5-7-15-6-3-4-8-16(15)20/h14-17H,3-13,19H2,1-2H3. The molecule has 3 heteroatoms. The van der Waals surface area contributed by atoms with Crippen molar-refractivity contribution in [3.8, 4) is 0 Å². The van der Waals surface area contributed by atoms with Gasteiger partial charge in [-0.2, -0.15) is 0 Å². The number of hydrogen-bond donors (Lipinski definition) is 1. The molecule has 0 aromatic carbocycles. The van der Waals surface area contributed by atoms with Crippen LogP contribution in [0, 0.1) is 11.8 Å². The molecule has 0 radical (unpaired) electrons. The van der Waals surface area contributed by atoms with Crippen LogP contribution >= 0.6 is 0 Å². The van der Waals surface area contributed by atoms with Crippen molar-refractivity contribution >= 4 is 0 Å². The second kappa shape index (κ2) is 6.55. The summed E-state index contributed by atoms with van der Waals surface area (Å²) in [5, 5.41) is 0. The molecule has 2 saturated heterocycles. The van der Waals surface area contributed by atoms with Gasteiger partial charge in [0.15, 0.2) is 0 Å². The summed E-state index contributed by atoms with van der Waals surface area (Å²) in [4.78, 5) is 2.86. The first-order valence-electron chi connectivity index (χ1n) is 9.25. The Hall–Kier alpha value is -0.120. The molecule has 2 heterocycles. The maximum Gasteiger partial charge on any atom is 0.0616 e. The zero-order valence-electron chi connectivity index (χ0n) is 14.0. The number of ether oxygens (including phenoxy) is 1. The van der Waals surface area contributed by atoms with Gasteiger partial charge in [0, 0.05) is 24.7 Å². The fourth-order valence-corrected chi connectivity index (χ4v) is 5.14. The molecular weight excluding hydrogens is 260 g/mol. The van der Waals surface area contributed by atoms with E-state index in [4.69, 9.17) is 10.5 Å². The Labute approximate surface area is 130 Å². The lowest BCUT2D eigenvalue weighted by molar-refractivity contribution is -0.117. The van der Waals surface area contributed by atoms with Gasteiger partial charge in [0.05, 0.1) is 6.10 Å². The van der Waals surface area contributed by atoms with Crippen LogP contribution in [0.4, 0.5) is 0 Å². The minimum atomic E-state index is 0.216. The monoisotopic (exact) mass is 294 g/mol. The quantitative estimate of drug-likeness (QED) is 0.869. The zero-order chi connectivity index (χ0) is 14.9. The average molecular weight is 294 g/mol. The Balaban J connectivity index is 1.80. The summed E-state index contributed by atoms with van der Waals surface area (Å²) in [6.45, 7) is 7.55. The maximum atomic E-state index is 6.36. The van der Waals surface area contributed by atoms with Crippen LogP contribution in [0.2, 0.25) is 0 Å². The van der Waals surface area contributed by atoms with E-state index in [1.165, 1.54) is 45.1 Å². The summed E-state index contributed by atoms with van der Waals surface area (Å²) >= 11 is 0. The molecule has 0 spiro atoms. The Bertz CT molecular complexity index is 344. The number of likely N-dealkylation sites (tertiary alicyclic amines) is 1. The van der Waals surface area contributed by atoms with Crippen LogP contribution in [0.3, 0.4) is 0 Å². The van der Waals surface area contributed by atoms with Crippen molar-refractivity contribution in [3.05, 3.63) is 0 Å². The van der Waals surface area contributed by atoms with Crippen LogP contribution in [0.25, 0.3) is 0 Å². The number of hydrogen-bond acceptors (Lipinski definition) is 3.